The molecule has 0 amide bonds. The molecule has 0 saturated heterocycles. The molecule has 0 heterocycles. The third-order valence-electron chi connectivity index (χ3n) is 3.00. The van der Waals surface area contributed by atoms with Gasteiger partial charge in [0.2, 0.25) is 0 Å². The van der Waals surface area contributed by atoms with Crippen LogP contribution in [0.5, 0.6) is 0 Å². The molecule has 94 valence electrons. The highest BCUT2D eigenvalue weighted by atomic mass is 19.1. The third kappa shape index (κ3) is 4.68. The van der Waals surface area contributed by atoms with E-state index in [9.17, 15) is 9.18 Å². The lowest BCUT2D eigenvalue weighted by atomic mass is 10.0. The number of unbranched alkanes of at least 4 members (excludes halogenated alkanes) is 4. The minimum Gasteiger partial charge on any atom is -0.294 e. The van der Waals surface area contributed by atoms with Crippen LogP contribution in [0, 0.1) is 12.7 Å². The van der Waals surface area contributed by atoms with Crippen LogP contribution in [0.2, 0.25) is 0 Å². The van der Waals surface area contributed by atoms with Gasteiger partial charge in [-0.3, -0.25) is 4.79 Å². The van der Waals surface area contributed by atoms with Crippen molar-refractivity contribution in [3.63, 3.8) is 0 Å². The molecule has 0 N–H and O–H groups in total. The van der Waals surface area contributed by atoms with Gasteiger partial charge < -0.3 is 0 Å². The number of carbonyl (C=O) groups excluding carboxylic acids is 1. The van der Waals surface area contributed by atoms with Gasteiger partial charge in [-0.15, -0.1) is 0 Å². The van der Waals surface area contributed by atoms with E-state index in [-0.39, 0.29) is 11.6 Å². The summed E-state index contributed by atoms with van der Waals surface area (Å²) < 4.78 is 13.3. The first-order chi connectivity index (χ1) is 8.15. The number of aryl methyl sites for hydroxylation is 1. The highest BCUT2D eigenvalue weighted by Crippen LogP contribution is 2.13. The summed E-state index contributed by atoms with van der Waals surface area (Å²) in [4.78, 5) is 11.8. The zero-order valence-corrected chi connectivity index (χ0v) is 10.8. The Hall–Kier alpha value is -1.18. The molecule has 0 spiro atoms. The molecule has 0 aromatic heterocycles. The van der Waals surface area contributed by atoms with Crippen molar-refractivity contribution >= 4 is 5.78 Å². The van der Waals surface area contributed by atoms with Gasteiger partial charge in [0.1, 0.15) is 5.82 Å². The number of rotatable bonds is 7. The van der Waals surface area contributed by atoms with Gasteiger partial charge in [0, 0.05) is 12.0 Å². The van der Waals surface area contributed by atoms with Crippen molar-refractivity contribution in [2.24, 2.45) is 0 Å². The molecular weight excluding hydrogens is 215 g/mol. The predicted molar refractivity (Wildman–Crippen MR) is 68.8 cm³/mol. The molecular formula is C15H21FO. The Labute approximate surface area is 103 Å². The second-order valence-electron chi connectivity index (χ2n) is 4.55. The van der Waals surface area contributed by atoms with Crippen LogP contribution in [0.15, 0.2) is 18.2 Å². The minimum atomic E-state index is -0.290. The van der Waals surface area contributed by atoms with Crippen molar-refractivity contribution in [1.29, 1.82) is 0 Å². The van der Waals surface area contributed by atoms with Gasteiger partial charge >= 0.3 is 0 Å². The molecule has 0 unspecified atom stereocenters. The van der Waals surface area contributed by atoms with Crippen LogP contribution < -0.4 is 0 Å². The summed E-state index contributed by atoms with van der Waals surface area (Å²) in [5.74, 6) is -0.234. The topological polar surface area (TPSA) is 17.1 Å². The van der Waals surface area contributed by atoms with Crippen LogP contribution in [-0.4, -0.2) is 5.78 Å². The number of halogens is 1. The molecule has 0 aliphatic carbocycles. The summed E-state index contributed by atoms with van der Waals surface area (Å²) in [7, 11) is 0. The molecule has 2 heteroatoms. The Bertz CT molecular complexity index is 371. The molecule has 0 fully saturated rings. The molecule has 17 heavy (non-hydrogen) atoms. The van der Waals surface area contributed by atoms with Crippen molar-refractivity contribution in [1.82, 2.24) is 0 Å². The molecule has 1 nitrogen and oxygen atoms in total. The van der Waals surface area contributed by atoms with Crippen LogP contribution in [0.3, 0.4) is 0 Å². The number of benzene rings is 1. The van der Waals surface area contributed by atoms with Gasteiger partial charge in [-0.2, -0.15) is 0 Å². The van der Waals surface area contributed by atoms with E-state index in [1.54, 1.807) is 19.1 Å². The molecule has 0 aliphatic rings. The molecule has 0 aliphatic heterocycles. The number of Topliss-reactive ketones (excluding diaryl/α,β-unsaturated/α-hetero) is 1. The number of ketones is 1. The van der Waals surface area contributed by atoms with E-state index in [1.165, 1.54) is 25.3 Å². The molecule has 0 atom stereocenters. The maximum atomic E-state index is 13.3. The lowest BCUT2D eigenvalue weighted by Crippen LogP contribution is -2.00. The maximum absolute atomic E-state index is 13.3. The largest absolute Gasteiger partial charge is 0.294 e. The first-order valence-corrected chi connectivity index (χ1v) is 6.44. The fourth-order valence-corrected chi connectivity index (χ4v) is 1.80. The van der Waals surface area contributed by atoms with E-state index in [4.69, 9.17) is 0 Å². The highest BCUT2D eigenvalue weighted by Gasteiger charge is 2.07. The lowest BCUT2D eigenvalue weighted by Gasteiger charge is -2.03. The normalized spacial score (nSPS) is 10.5. The Morgan fingerprint density at radius 3 is 2.53 bits per heavy atom. The van der Waals surface area contributed by atoms with E-state index in [1.807, 2.05) is 0 Å². The average Bonchev–Trinajstić information content (AvgIpc) is 2.32. The second-order valence-corrected chi connectivity index (χ2v) is 4.55. The van der Waals surface area contributed by atoms with Crippen LogP contribution in [-0.2, 0) is 0 Å². The first-order valence-electron chi connectivity index (χ1n) is 6.44. The van der Waals surface area contributed by atoms with Gasteiger partial charge in [0.25, 0.3) is 0 Å². The molecule has 1 aromatic carbocycles. The fraction of sp³-hybridized carbons (Fsp3) is 0.533. The summed E-state index contributed by atoms with van der Waals surface area (Å²) in [6.45, 7) is 3.87. The Morgan fingerprint density at radius 1 is 1.18 bits per heavy atom. The summed E-state index contributed by atoms with van der Waals surface area (Å²) in [5.41, 5.74) is 1.09. The van der Waals surface area contributed by atoms with Gasteiger partial charge in [-0.1, -0.05) is 44.7 Å². The monoisotopic (exact) mass is 236 g/mol. The van der Waals surface area contributed by atoms with E-state index >= 15 is 0 Å². The molecule has 0 bridgehead atoms. The summed E-state index contributed by atoms with van der Waals surface area (Å²) in [5, 5.41) is 0. The van der Waals surface area contributed by atoms with Gasteiger partial charge in [-0.05, 0) is 25.0 Å². The van der Waals surface area contributed by atoms with E-state index < -0.39 is 0 Å². The van der Waals surface area contributed by atoms with Crippen LogP contribution in [0.4, 0.5) is 4.39 Å². The van der Waals surface area contributed by atoms with Crippen LogP contribution >= 0.6 is 0 Å². The quantitative estimate of drug-likeness (QED) is 0.496. The Morgan fingerprint density at radius 2 is 1.88 bits per heavy atom. The third-order valence-corrected chi connectivity index (χ3v) is 3.00. The van der Waals surface area contributed by atoms with E-state index in [0.29, 0.717) is 17.5 Å². The highest BCUT2D eigenvalue weighted by molar-refractivity contribution is 5.96. The second kappa shape index (κ2) is 7.21. The predicted octanol–water partition coefficient (Wildman–Crippen LogP) is 4.68. The number of hydrogen-bond donors (Lipinski definition) is 0. The standard InChI is InChI=1S/C15H21FO/c1-3-4-5-6-7-8-15(17)13-10-9-12(2)14(16)11-13/h9-11H,3-8H2,1-2H3. The van der Waals surface area contributed by atoms with Gasteiger partial charge in [0.05, 0.1) is 0 Å². The number of hydrogen-bond acceptors (Lipinski definition) is 1. The van der Waals surface area contributed by atoms with Crippen molar-refractivity contribution in [2.45, 2.75) is 52.4 Å². The molecule has 1 aromatic rings. The fourth-order valence-electron chi connectivity index (χ4n) is 1.80. The maximum Gasteiger partial charge on any atom is 0.162 e. The van der Waals surface area contributed by atoms with Gasteiger partial charge in [0.15, 0.2) is 5.78 Å². The van der Waals surface area contributed by atoms with Crippen molar-refractivity contribution in [3.8, 4) is 0 Å². The Balaban J connectivity index is 2.39. The van der Waals surface area contributed by atoms with Crippen molar-refractivity contribution in [2.75, 3.05) is 0 Å². The molecule has 0 saturated carbocycles. The van der Waals surface area contributed by atoms with E-state index in [2.05, 4.69) is 6.92 Å². The summed E-state index contributed by atoms with van der Waals surface area (Å²) >= 11 is 0. The molecule has 1 rings (SSSR count). The smallest absolute Gasteiger partial charge is 0.162 e. The van der Waals surface area contributed by atoms with E-state index in [0.717, 1.165) is 12.8 Å². The summed E-state index contributed by atoms with van der Waals surface area (Å²) in [6.07, 6.45) is 6.16. The lowest BCUT2D eigenvalue weighted by molar-refractivity contribution is 0.0978. The van der Waals surface area contributed by atoms with Gasteiger partial charge in [-0.25, -0.2) is 4.39 Å². The van der Waals surface area contributed by atoms with Crippen molar-refractivity contribution in [3.05, 3.63) is 35.1 Å². The van der Waals surface area contributed by atoms with Crippen LogP contribution in [0.1, 0.15) is 61.4 Å². The molecule has 0 radical (unpaired) electrons. The van der Waals surface area contributed by atoms with Crippen molar-refractivity contribution < 1.29 is 9.18 Å². The zero-order valence-electron chi connectivity index (χ0n) is 10.8. The number of carbonyl (C=O) groups is 1. The SMILES string of the molecule is CCCCCCCC(=O)c1ccc(C)c(F)c1. The minimum absolute atomic E-state index is 0.0559. The zero-order chi connectivity index (χ0) is 12.7. The first kappa shape index (κ1) is 13.9. The average molecular weight is 236 g/mol. The van der Waals surface area contributed by atoms with Crippen LogP contribution in [0.25, 0.3) is 0 Å². The summed E-state index contributed by atoms with van der Waals surface area (Å²) in [6, 6.07) is 4.73. The Kier molecular flexibility index (Phi) is 5.88.